The van der Waals surface area contributed by atoms with Crippen molar-refractivity contribution in [2.24, 2.45) is 0 Å². The van der Waals surface area contributed by atoms with Crippen molar-refractivity contribution >= 4 is 5.69 Å². The predicted molar refractivity (Wildman–Crippen MR) is 62.7 cm³/mol. The number of rotatable bonds is 0. The van der Waals surface area contributed by atoms with Crippen LogP contribution in [-0.4, -0.2) is 17.5 Å². The van der Waals surface area contributed by atoms with Gasteiger partial charge in [0.15, 0.2) is 0 Å². The first-order valence-corrected chi connectivity index (χ1v) is 5.90. The summed E-state index contributed by atoms with van der Waals surface area (Å²) in [6.07, 6.45) is 3.83. The zero-order valence-electron chi connectivity index (χ0n) is 9.24. The molecular formula is C13H18N2. The maximum atomic E-state index is 5.88. The first-order valence-electron chi connectivity index (χ1n) is 5.90. The summed E-state index contributed by atoms with van der Waals surface area (Å²) in [6.45, 7) is 3.61. The van der Waals surface area contributed by atoms with Gasteiger partial charge in [-0.15, -0.1) is 0 Å². The zero-order chi connectivity index (χ0) is 10.4. The lowest BCUT2D eigenvalue weighted by Crippen LogP contribution is -2.38. The molecule has 1 fully saturated rings. The third kappa shape index (κ3) is 1.36. The first kappa shape index (κ1) is 9.22. The second kappa shape index (κ2) is 3.24. The van der Waals surface area contributed by atoms with Gasteiger partial charge in [-0.1, -0.05) is 6.07 Å². The lowest BCUT2D eigenvalue weighted by molar-refractivity contribution is 0.175. The van der Waals surface area contributed by atoms with Crippen LogP contribution in [0.3, 0.4) is 0 Å². The van der Waals surface area contributed by atoms with Crippen LogP contribution in [0, 0.1) is 0 Å². The Morgan fingerprint density at radius 1 is 1.40 bits per heavy atom. The molecule has 0 aliphatic carbocycles. The molecule has 0 amide bonds. The molecule has 1 saturated heterocycles. The highest BCUT2D eigenvalue weighted by molar-refractivity contribution is 5.47. The van der Waals surface area contributed by atoms with Gasteiger partial charge in [0, 0.05) is 17.8 Å². The van der Waals surface area contributed by atoms with Gasteiger partial charge in [-0.2, -0.15) is 0 Å². The number of fused-ring (bicyclic) bond motifs is 3. The van der Waals surface area contributed by atoms with E-state index in [0.29, 0.717) is 12.1 Å². The average molecular weight is 202 g/mol. The summed E-state index contributed by atoms with van der Waals surface area (Å²) in [4.78, 5) is 2.64. The molecule has 0 bridgehead atoms. The first-order chi connectivity index (χ1) is 7.25. The third-order valence-corrected chi connectivity index (χ3v) is 3.90. The fraction of sp³-hybridized carbons (Fsp3) is 0.538. The van der Waals surface area contributed by atoms with Gasteiger partial charge in [0.1, 0.15) is 0 Å². The van der Waals surface area contributed by atoms with Crippen molar-refractivity contribution in [2.75, 3.05) is 12.3 Å². The third-order valence-electron chi connectivity index (χ3n) is 3.90. The van der Waals surface area contributed by atoms with E-state index >= 15 is 0 Å². The Kier molecular flexibility index (Phi) is 1.99. The molecule has 1 aromatic carbocycles. The molecule has 2 heteroatoms. The molecule has 15 heavy (non-hydrogen) atoms. The maximum Gasteiger partial charge on any atom is 0.0355 e. The minimum absolute atomic E-state index is 0.646. The fourth-order valence-electron chi connectivity index (χ4n) is 3.20. The molecule has 2 aliphatic rings. The molecule has 2 aliphatic heterocycles. The standard InChI is InChI=1S/C13H18N2/c1-9-7-10-4-5-11(14)8-12(10)13-3-2-6-15(9)13/h4-5,8-9,13H,2-3,6-7,14H2,1H3. The van der Waals surface area contributed by atoms with Crippen molar-refractivity contribution in [3.63, 3.8) is 0 Å². The van der Waals surface area contributed by atoms with E-state index in [1.165, 1.54) is 36.9 Å². The highest BCUT2D eigenvalue weighted by Crippen LogP contribution is 2.40. The van der Waals surface area contributed by atoms with Gasteiger partial charge >= 0.3 is 0 Å². The predicted octanol–water partition coefficient (Wildman–Crippen LogP) is 2.35. The number of anilines is 1. The van der Waals surface area contributed by atoms with Crippen LogP contribution in [0.25, 0.3) is 0 Å². The van der Waals surface area contributed by atoms with Crippen molar-refractivity contribution < 1.29 is 0 Å². The van der Waals surface area contributed by atoms with E-state index < -0.39 is 0 Å². The SMILES string of the molecule is CC1Cc2ccc(N)cc2C2CCCN12. The number of nitrogens with two attached hydrogens (primary N) is 1. The highest BCUT2D eigenvalue weighted by Gasteiger charge is 2.34. The topological polar surface area (TPSA) is 29.3 Å². The van der Waals surface area contributed by atoms with E-state index in [-0.39, 0.29) is 0 Å². The smallest absolute Gasteiger partial charge is 0.0355 e. The highest BCUT2D eigenvalue weighted by atomic mass is 15.2. The summed E-state index contributed by atoms with van der Waals surface area (Å²) in [7, 11) is 0. The van der Waals surface area contributed by atoms with E-state index in [1.807, 2.05) is 6.07 Å². The van der Waals surface area contributed by atoms with Gasteiger partial charge < -0.3 is 5.73 Å². The second-order valence-electron chi connectivity index (χ2n) is 4.91. The number of hydrogen-bond acceptors (Lipinski definition) is 2. The van der Waals surface area contributed by atoms with Crippen LogP contribution in [0.4, 0.5) is 5.69 Å². The number of nitrogens with zero attached hydrogens (tertiary/aromatic N) is 1. The number of hydrogen-bond donors (Lipinski definition) is 1. The lowest BCUT2D eigenvalue weighted by Gasteiger charge is -2.37. The Morgan fingerprint density at radius 3 is 3.13 bits per heavy atom. The molecular weight excluding hydrogens is 184 g/mol. The summed E-state index contributed by atoms with van der Waals surface area (Å²) in [6, 6.07) is 7.79. The second-order valence-corrected chi connectivity index (χ2v) is 4.91. The van der Waals surface area contributed by atoms with Crippen molar-refractivity contribution in [1.82, 2.24) is 4.90 Å². The molecule has 80 valence electrons. The molecule has 3 rings (SSSR count). The van der Waals surface area contributed by atoms with Gasteiger partial charge in [0.25, 0.3) is 0 Å². The van der Waals surface area contributed by atoms with Crippen LogP contribution in [0.1, 0.15) is 36.9 Å². The van der Waals surface area contributed by atoms with Crippen LogP contribution < -0.4 is 5.73 Å². The zero-order valence-corrected chi connectivity index (χ0v) is 9.24. The molecule has 2 nitrogen and oxygen atoms in total. The van der Waals surface area contributed by atoms with E-state index in [1.54, 1.807) is 0 Å². The lowest BCUT2D eigenvalue weighted by atomic mass is 9.89. The van der Waals surface area contributed by atoms with Crippen molar-refractivity contribution in [1.29, 1.82) is 0 Å². The van der Waals surface area contributed by atoms with Gasteiger partial charge in [0.2, 0.25) is 0 Å². The summed E-state index contributed by atoms with van der Waals surface area (Å²) >= 11 is 0. The normalized spacial score (nSPS) is 29.9. The molecule has 1 aromatic rings. The van der Waals surface area contributed by atoms with Crippen LogP contribution in [0.2, 0.25) is 0 Å². The minimum atomic E-state index is 0.646. The molecule has 0 aromatic heterocycles. The summed E-state index contributed by atoms with van der Waals surface area (Å²) < 4.78 is 0. The average Bonchev–Trinajstić information content (AvgIpc) is 2.69. The molecule has 0 saturated carbocycles. The van der Waals surface area contributed by atoms with Crippen LogP contribution in [0.5, 0.6) is 0 Å². The molecule has 2 heterocycles. The largest absolute Gasteiger partial charge is 0.399 e. The van der Waals surface area contributed by atoms with E-state index in [0.717, 1.165) is 5.69 Å². The van der Waals surface area contributed by atoms with Crippen molar-refractivity contribution in [2.45, 2.75) is 38.3 Å². The summed E-state index contributed by atoms with van der Waals surface area (Å²) in [5.74, 6) is 0. The molecule has 2 N–H and O–H groups in total. The molecule has 0 spiro atoms. The molecule has 0 radical (unpaired) electrons. The van der Waals surface area contributed by atoms with Crippen molar-refractivity contribution in [3.05, 3.63) is 29.3 Å². The van der Waals surface area contributed by atoms with Gasteiger partial charge in [-0.3, -0.25) is 4.90 Å². The van der Waals surface area contributed by atoms with Crippen molar-refractivity contribution in [3.8, 4) is 0 Å². The van der Waals surface area contributed by atoms with E-state index in [9.17, 15) is 0 Å². The van der Waals surface area contributed by atoms with E-state index in [4.69, 9.17) is 5.73 Å². The monoisotopic (exact) mass is 202 g/mol. The van der Waals surface area contributed by atoms with Crippen LogP contribution in [-0.2, 0) is 6.42 Å². The molecule has 2 atom stereocenters. The van der Waals surface area contributed by atoms with Gasteiger partial charge in [-0.05, 0) is 56.0 Å². The Labute approximate surface area is 91.1 Å². The van der Waals surface area contributed by atoms with Gasteiger partial charge in [-0.25, -0.2) is 0 Å². The Bertz CT molecular complexity index is 386. The molecule has 2 unspecified atom stereocenters. The Hall–Kier alpha value is -1.02. The Morgan fingerprint density at radius 2 is 2.27 bits per heavy atom. The minimum Gasteiger partial charge on any atom is -0.399 e. The van der Waals surface area contributed by atoms with Gasteiger partial charge in [0.05, 0.1) is 0 Å². The number of nitrogen functional groups attached to an aromatic ring is 1. The fourth-order valence-corrected chi connectivity index (χ4v) is 3.20. The van der Waals surface area contributed by atoms with Crippen LogP contribution >= 0.6 is 0 Å². The number of benzene rings is 1. The summed E-state index contributed by atoms with van der Waals surface area (Å²) in [5, 5.41) is 0. The van der Waals surface area contributed by atoms with Crippen LogP contribution in [0.15, 0.2) is 18.2 Å². The quantitative estimate of drug-likeness (QED) is 0.654. The maximum absolute atomic E-state index is 5.88. The van der Waals surface area contributed by atoms with E-state index in [2.05, 4.69) is 24.0 Å². The summed E-state index contributed by atoms with van der Waals surface area (Å²) in [5.41, 5.74) is 9.80. The Balaban J connectivity index is 2.08.